The standard InChI is InChI=1S/C23H25N5O4S2/c1-2-20(29)24-18-8-10-19(11-9-18)34(31,32)28-14-12-16(13-15-28)22-26-27-23(33-22)21(30)25-17-6-4-3-5-7-17/h3-11,16H,2,12-15H2,1H3,(H,24,29)(H,25,30). The Labute approximate surface area is 202 Å². The SMILES string of the molecule is CCC(=O)Nc1ccc(S(=O)(=O)N2CCC(c3nnc(C(=O)Nc4ccccc4)s3)CC2)cc1. The first-order valence-corrected chi connectivity index (χ1v) is 13.2. The molecule has 0 atom stereocenters. The lowest BCUT2D eigenvalue weighted by Gasteiger charge is -2.30. The van der Waals surface area contributed by atoms with Crippen molar-refractivity contribution >= 4 is 44.5 Å². The van der Waals surface area contributed by atoms with Crippen LogP contribution in [0.1, 0.15) is 46.9 Å². The molecule has 0 aliphatic carbocycles. The number of benzene rings is 2. The van der Waals surface area contributed by atoms with Crippen molar-refractivity contribution in [1.82, 2.24) is 14.5 Å². The summed E-state index contributed by atoms with van der Waals surface area (Å²) in [5.74, 6) is -0.391. The minimum absolute atomic E-state index is 0.0499. The number of nitrogens with zero attached hydrogens (tertiary/aromatic N) is 3. The Hall–Kier alpha value is -3.15. The number of rotatable bonds is 7. The van der Waals surface area contributed by atoms with Gasteiger partial charge in [0.15, 0.2) is 0 Å². The molecule has 0 saturated carbocycles. The molecule has 0 bridgehead atoms. The van der Waals surface area contributed by atoms with Gasteiger partial charge in [-0.2, -0.15) is 4.31 Å². The maximum absolute atomic E-state index is 13.0. The molecule has 11 heteroatoms. The predicted octanol–water partition coefficient (Wildman–Crippen LogP) is 3.71. The number of aromatic nitrogens is 2. The van der Waals surface area contributed by atoms with Crippen molar-refractivity contribution in [2.75, 3.05) is 23.7 Å². The van der Waals surface area contributed by atoms with Crippen molar-refractivity contribution in [1.29, 1.82) is 0 Å². The maximum Gasteiger partial charge on any atom is 0.286 e. The monoisotopic (exact) mass is 499 g/mol. The lowest BCUT2D eigenvalue weighted by molar-refractivity contribution is -0.115. The third kappa shape index (κ3) is 5.49. The van der Waals surface area contributed by atoms with E-state index in [0.717, 1.165) is 5.01 Å². The molecule has 1 saturated heterocycles. The number of anilines is 2. The largest absolute Gasteiger partial charge is 0.326 e. The van der Waals surface area contributed by atoms with E-state index in [4.69, 9.17) is 0 Å². The van der Waals surface area contributed by atoms with Crippen LogP contribution in [-0.4, -0.2) is 47.8 Å². The molecule has 4 rings (SSSR count). The third-order valence-electron chi connectivity index (χ3n) is 5.57. The fourth-order valence-electron chi connectivity index (χ4n) is 3.65. The second-order valence-electron chi connectivity index (χ2n) is 7.87. The van der Waals surface area contributed by atoms with Crippen LogP contribution in [0, 0.1) is 0 Å². The van der Waals surface area contributed by atoms with Gasteiger partial charge in [-0.3, -0.25) is 9.59 Å². The molecule has 178 valence electrons. The first-order chi connectivity index (χ1) is 16.4. The predicted molar refractivity (Wildman–Crippen MR) is 130 cm³/mol. The average molecular weight is 500 g/mol. The quantitative estimate of drug-likeness (QED) is 0.511. The number of carbonyl (C=O) groups is 2. The number of hydrogen-bond acceptors (Lipinski definition) is 7. The summed E-state index contributed by atoms with van der Waals surface area (Å²) in [6, 6.07) is 15.3. The highest BCUT2D eigenvalue weighted by atomic mass is 32.2. The zero-order valence-corrected chi connectivity index (χ0v) is 20.2. The topological polar surface area (TPSA) is 121 Å². The highest BCUT2D eigenvalue weighted by molar-refractivity contribution is 7.89. The maximum atomic E-state index is 13.0. The van der Waals surface area contributed by atoms with Crippen LogP contribution in [0.15, 0.2) is 59.5 Å². The smallest absolute Gasteiger partial charge is 0.286 e. The van der Waals surface area contributed by atoms with E-state index < -0.39 is 10.0 Å². The number of carbonyl (C=O) groups excluding carboxylic acids is 2. The Kier molecular flexibility index (Phi) is 7.35. The van der Waals surface area contributed by atoms with Crippen molar-refractivity contribution in [2.24, 2.45) is 0 Å². The Bertz CT molecular complexity index is 1250. The van der Waals surface area contributed by atoms with Gasteiger partial charge in [-0.05, 0) is 49.2 Å². The molecule has 0 radical (unpaired) electrons. The summed E-state index contributed by atoms with van der Waals surface area (Å²) in [6.45, 7) is 2.46. The van der Waals surface area contributed by atoms with Gasteiger partial charge >= 0.3 is 0 Å². The van der Waals surface area contributed by atoms with Crippen LogP contribution >= 0.6 is 11.3 Å². The van der Waals surface area contributed by atoms with Gasteiger partial charge in [0.05, 0.1) is 4.90 Å². The number of para-hydroxylation sites is 1. The van der Waals surface area contributed by atoms with E-state index in [1.165, 1.54) is 27.8 Å². The molecule has 0 unspecified atom stereocenters. The summed E-state index contributed by atoms with van der Waals surface area (Å²) in [4.78, 5) is 24.1. The van der Waals surface area contributed by atoms with Crippen molar-refractivity contribution in [3.8, 4) is 0 Å². The van der Waals surface area contributed by atoms with Crippen molar-refractivity contribution in [2.45, 2.75) is 37.0 Å². The van der Waals surface area contributed by atoms with Crippen LogP contribution in [0.2, 0.25) is 0 Å². The molecule has 2 heterocycles. The van der Waals surface area contributed by atoms with Gasteiger partial charge in [-0.25, -0.2) is 8.42 Å². The molecular weight excluding hydrogens is 474 g/mol. The summed E-state index contributed by atoms with van der Waals surface area (Å²) in [7, 11) is -3.64. The zero-order chi connectivity index (χ0) is 24.1. The number of nitrogens with one attached hydrogen (secondary N) is 2. The normalized spacial score (nSPS) is 15.1. The fourth-order valence-corrected chi connectivity index (χ4v) is 6.03. The van der Waals surface area contributed by atoms with Gasteiger partial charge in [-0.1, -0.05) is 36.5 Å². The van der Waals surface area contributed by atoms with E-state index in [2.05, 4.69) is 20.8 Å². The van der Waals surface area contributed by atoms with Crippen LogP contribution < -0.4 is 10.6 Å². The molecule has 9 nitrogen and oxygen atoms in total. The highest BCUT2D eigenvalue weighted by Gasteiger charge is 2.31. The van der Waals surface area contributed by atoms with Gasteiger partial charge in [0.1, 0.15) is 5.01 Å². The Balaban J connectivity index is 1.36. The molecule has 1 aliphatic heterocycles. The van der Waals surface area contributed by atoms with E-state index in [1.54, 1.807) is 31.2 Å². The molecule has 1 aromatic heterocycles. The molecule has 1 fully saturated rings. The van der Waals surface area contributed by atoms with Crippen molar-refractivity contribution in [3.05, 3.63) is 64.6 Å². The van der Waals surface area contributed by atoms with Crippen molar-refractivity contribution < 1.29 is 18.0 Å². The van der Waals surface area contributed by atoms with Gasteiger partial charge in [0.25, 0.3) is 5.91 Å². The van der Waals surface area contributed by atoms with Crippen LogP contribution in [0.5, 0.6) is 0 Å². The molecular formula is C23H25N5O4S2. The molecule has 34 heavy (non-hydrogen) atoms. The van der Waals surface area contributed by atoms with E-state index >= 15 is 0 Å². The van der Waals surface area contributed by atoms with Crippen LogP contribution in [0.4, 0.5) is 11.4 Å². The Morgan fingerprint density at radius 3 is 2.26 bits per heavy atom. The lowest BCUT2D eigenvalue weighted by Crippen LogP contribution is -2.37. The van der Waals surface area contributed by atoms with Crippen LogP contribution in [-0.2, 0) is 14.8 Å². The zero-order valence-electron chi connectivity index (χ0n) is 18.6. The second-order valence-corrected chi connectivity index (χ2v) is 10.8. The summed E-state index contributed by atoms with van der Waals surface area (Å²) >= 11 is 1.24. The van der Waals surface area contributed by atoms with Gasteiger partial charge in [0, 0.05) is 36.8 Å². The van der Waals surface area contributed by atoms with Gasteiger partial charge in [0.2, 0.25) is 20.9 Å². The number of sulfonamides is 1. The second kappa shape index (κ2) is 10.4. The average Bonchev–Trinajstić information content (AvgIpc) is 3.36. The molecule has 0 spiro atoms. The number of amides is 2. The van der Waals surface area contributed by atoms with Crippen molar-refractivity contribution in [3.63, 3.8) is 0 Å². The summed E-state index contributed by atoms with van der Waals surface area (Å²) in [6.07, 6.45) is 1.54. The first-order valence-electron chi connectivity index (χ1n) is 11.0. The van der Waals surface area contributed by atoms with E-state index in [0.29, 0.717) is 43.7 Å². The third-order valence-corrected chi connectivity index (χ3v) is 8.56. The van der Waals surface area contributed by atoms with Crippen LogP contribution in [0.25, 0.3) is 0 Å². The number of piperidine rings is 1. The fraction of sp³-hybridized carbons (Fsp3) is 0.304. The molecule has 2 N–H and O–H groups in total. The lowest BCUT2D eigenvalue weighted by atomic mass is 9.99. The summed E-state index contributed by atoms with van der Waals surface area (Å²) < 4.78 is 27.6. The minimum atomic E-state index is -3.64. The van der Waals surface area contributed by atoms with Crippen LogP contribution in [0.3, 0.4) is 0 Å². The molecule has 1 aliphatic rings. The van der Waals surface area contributed by atoms with E-state index in [-0.39, 0.29) is 27.6 Å². The number of hydrogen-bond donors (Lipinski definition) is 2. The minimum Gasteiger partial charge on any atom is -0.326 e. The summed E-state index contributed by atoms with van der Waals surface area (Å²) in [5.41, 5.74) is 1.25. The molecule has 2 amide bonds. The summed E-state index contributed by atoms with van der Waals surface area (Å²) in [5, 5.41) is 14.8. The van der Waals surface area contributed by atoms with Gasteiger partial charge in [-0.15, -0.1) is 10.2 Å². The first kappa shape index (κ1) is 24.0. The van der Waals surface area contributed by atoms with E-state index in [1.807, 2.05) is 18.2 Å². The Morgan fingerprint density at radius 2 is 1.62 bits per heavy atom. The highest BCUT2D eigenvalue weighted by Crippen LogP contribution is 2.32. The molecule has 2 aromatic carbocycles. The van der Waals surface area contributed by atoms with Gasteiger partial charge < -0.3 is 10.6 Å². The Morgan fingerprint density at radius 1 is 0.971 bits per heavy atom. The molecule has 3 aromatic rings. The van der Waals surface area contributed by atoms with E-state index in [9.17, 15) is 18.0 Å².